The number of hydrogen-bond donors (Lipinski definition) is 2. The first-order valence-corrected chi connectivity index (χ1v) is 8.57. The highest BCUT2D eigenvalue weighted by Gasteiger charge is 2.19. The molecule has 0 fully saturated rings. The van der Waals surface area contributed by atoms with Crippen molar-refractivity contribution in [2.45, 2.75) is 11.8 Å². The summed E-state index contributed by atoms with van der Waals surface area (Å²) in [6, 6.07) is 6.35. The van der Waals surface area contributed by atoms with Gasteiger partial charge in [0.2, 0.25) is 0 Å². The van der Waals surface area contributed by atoms with E-state index in [9.17, 15) is 8.42 Å². The third-order valence-electron chi connectivity index (χ3n) is 2.59. The lowest BCUT2D eigenvalue weighted by Gasteiger charge is -2.12. The van der Waals surface area contributed by atoms with E-state index in [4.69, 9.17) is 5.73 Å². The Bertz CT molecular complexity index is 763. The number of sulfonamides is 1. The van der Waals surface area contributed by atoms with Crippen molar-refractivity contribution in [1.29, 1.82) is 0 Å². The molecule has 0 aliphatic carbocycles. The summed E-state index contributed by atoms with van der Waals surface area (Å²) in [5, 5.41) is 0. The van der Waals surface area contributed by atoms with Gasteiger partial charge in [-0.25, -0.2) is 13.4 Å². The molecule has 106 valence electrons. The second kappa shape index (κ2) is 5.71. The maximum absolute atomic E-state index is 12.4. The quantitative estimate of drug-likeness (QED) is 0.589. The van der Waals surface area contributed by atoms with Gasteiger partial charge in [0.25, 0.3) is 10.0 Å². The summed E-state index contributed by atoms with van der Waals surface area (Å²) in [5.74, 6) is 0. The molecule has 0 radical (unpaired) electrons. The average molecular weight is 421 g/mol. The number of nitrogen functional groups attached to an aromatic ring is 1. The zero-order valence-electron chi connectivity index (χ0n) is 10.4. The van der Waals surface area contributed by atoms with Crippen LogP contribution in [0.4, 0.5) is 11.4 Å². The Morgan fingerprint density at radius 3 is 2.65 bits per heavy atom. The normalized spacial score (nSPS) is 11.3. The van der Waals surface area contributed by atoms with Gasteiger partial charge in [-0.15, -0.1) is 0 Å². The smallest absolute Gasteiger partial charge is 0.262 e. The first-order valence-electron chi connectivity index (χ1n) is 5.50. The van der Waals surface area contributed by atoms with Crippen LogP contribution in [0, 0.1) is 6.92 Å². The van der Waals surface area contributed by atoms with Crippen LogP contribution < -0.4 is 10.5 Å². The van der Waals surface area contributed by atoms with E-state index in [1.807, 2.05) is 0 Å². The molecule has 0 unspecified atom stereocenters. The van der Waals surface area contributed by atoms with Crippen molar-refractivity contribution in [2.75, 3.05) is 10.5 Å². The van der Waals surface area contributed by atoms with Gasteiger partial charge >= 0.3 is 0 Å². The van der Waals surface area contributed by atoms with E-state index in [1.54, 1.807) is 31.3 Å². The molecule has 2 rings (SSSR count). The minimum atomic E-state index is -3.73. The first-order chi connectivity index (χ1) is 9.31. The van der Waals surface area contributed by atoms with Crippen LogP contribution in [-0.2, 0) is 10.0 Å². The van der Waals surface area contributed by atoms with Gasteiger partial charge in [-0.1, -0.05) is 0 Å². The van der Waals surface area contributed by atoms with Gasteiger partial charge in [0.05, 0.1) is 10.6 Å². The van der Waals surface area contributed by atoms with Crippen LogP contribution in [0.3, 0.4) is 0 Å². The Morgan fingerprint density at radius 2 is 2.00 bits per heavy atom. The fraction of sp³-hybridized carbons (Fsp3) is 0.0833. The van der Waals surface area contributed by atoms with Crippen LogP contribution in [0.25, 0.3) is 0 Å². The first kappa shape index (κ1) is 15.3. The van der Waals surface area contributed by atoms with Crippen molar-refractivity contribution in [2.24, 2.45) is 0 Å². The van der Waals surface area contributed by atoms with Crippen molar-refractivity contribution in [3.63, 3.8) is 0 Å². The standard InChI is InChI=1S/C12H11Br2N3O2S/c1-7-5-8(13)9(15)6-11(7)20(18,19)17-10-3-2-4-16-12(10)14/h2-6,17H,15H2,1H3. The molecule has 1 heterocycles. The maximum atomic E-state index is 12.4. The molecule has 0 aliphatic heterocycles. The van der Waals surface area contributed by atoms with E-state index in [-0.39, 0.29) is 4.90 Å². The van der Waals surface area contributed by atoms with Gasteiger partial charge in [0.15, 0.2) is 0 Å². The Morgan fingerprint density at radius 1 is 1.30 bits per heavy atom. The Hall–Kier alpha value is -1.12. The van der Waals surface area contributed by atoms with Gasteiger partial charge in [-0.05, 0) is 68.6 Å². The van der Waals surface area contributed by atoms with Gasteiger partial charge in [0, 0.05) is 16.4 Å². The van der Waals surface area contributed by atoms with E-state index >= 15 is 0 Å². The van der Waals surface area contributed by atoms with Gasteiger partial charge in [-0.2, -0.15) is 0 Å². The third-order valence-corrected chi connectivity index (χ3v) is 5.41. The molecule has 0 aliphatic rings. The summed E-state index contributed by atoms with van der Waals surface area (Å²) in [5.41, 5.74) is 7.08. The zero-order chi connectivity index (χ0) is 14.9. The number of benzene rings is 1. The van der Waals surface area contributed by atoms with Crippen molar-refractivity contribution >= 4 is 53.3 Å². The van der Waals surface area contributed by atoms with Crippen LogP contribution in [-0.4, -0.2) is 13.4 Å². The molecule has 20 heavy (non-hydrogen) atoms. The van der Waals surface area contributed by atoms with Crippen LogP contribution in [0.15, 0.2) is 44.4 Å². The molecular formula is C12H11Br2N3O2S. The largest absolute Gasteiger partial charge is 0.398 e. The molecule has 0 spiro atoms. The highest BCUT2D eigenvalue weighted by atomic mass is 79.9. The second-order valence-electron chi connectivity index (χ2n) is 4.09. The summed E-state index contributed by atoms with van der Waals surface area (Å²) < 4.78 is 28.4. The minimum absolute atomic E-state index is 0.133. The number of nitrogens with two attached hydrogens (primary N) is 1. The fourth-order valence-electron chi connectivity index (χ4n) is 1.62. The van der Waals surface area contributed by atoms with Gasteiger partial charge in [-0.3, -0.25) is 4.72 Å². The van der Waals surface area contributed by atoms with E-state index in [2.05, 4.69) is 41.6 Å². The zero-order valence-corrected chi connectivity index (χ0v) is 14.4. The van der Waals surface area contributed by atoms with Crippen molar-refractivity contribution in [1.82, 2.24) is 4.98 Å². The van der Waals surface area contributed by atoms with Crippen molar-refractivity contribution < 1.29 is 8.42 Å². The summed E-state index contributed by atoms with van der Waals surface area (Å²) in [7, 11) is -3.73. The maximum Gasteiger partial charge on any atom is 0.262 e. The Labute approximate surface area is 133 Å². The topological polar surface area (TPSA) is 85.1 Å². The minimum Gasteiger partial charge on any atom is -0.398 e. The summed E-state index contributed by atoms with van der Waals surface area (Å²) in [6.07, 6.45) is 1.56. The number of rotatable bonds is 3. The van der Waals surface area contributed by atoms with Gasteiger partial charge < -0.3 is 5.73 Å². The summed E-state index contributed by atoms with van der Waals surface area (Å²) >= 11 is 6.46. The van der Waals surface area contributed by atoms with Crippen LogP contribution in [0.5, 0.6) is 0 Å². The fourth-order valence-corrected chi connectivity index (χ4v) is 3.89. The molecule has 5 nitrogen and oxygen atoms in total. The van der Waals surface area contributed by atoms with E-state index in [1.165, 1.54) is 6.07 Å². The predicted octanol–water partition coefficient (Wildman–Crippen LogP) is 3.30. The number of pyridine rings is 1. The monoisotopic (exact) mass is 419 g/mol. The lowest BCUT2D eigenvalue weighted by atomic mass is 10.2. The molecule has 2 aromatic rings. The molecule has 0 atom stereocenters. The number of aryl methyl sites for hydroxylation is 1. The van der Waals surface area contributed by atoms with Crippen LogP contribution in [0.2, 0.25) is 0 Å². The molecule has 0 saturated heterocycles. The highest BCUT2D eigenvalue weighted by Crippen LogP contribution is 2.29. The predicted molar refractivity (Wildman–Crippen MR) is 86.0 cm³/mol. The Kier molecular flexibility index (Phi) is 4.36. The van der Waals surface area contributed by atoms with Crippen molar-refractivity contribution in [3.8, 4) is 0 Å². The molecule has 0 amide bonds. The molecule has 0 bridgehead atoms. The molecule has 3 N–H and O–H groups in total. The lowest BCUT2D eigenvalue weighted by Crippen LogP contribution is -2.15. The average Bonchev–Trinajstić information content (AvgIpc) is 2.36. The SMILES string of the molecule is Cc1cc(Br)c(N)cc1S(=O)(=O)Nc1cccnc1Br. The van der Waals surface area contributed by atoms with Crippen LogP contribution in [0.1, 0.15) is 5.56 Å². The van der Waals surface area contributed by atoms with E-state index in [0.717, 1.165) is 0 Å². The number of anilines is 2. The number of hydrogen-bond acceptors (Lipinski definition) is 4. The number of halogens is 2. The number of nitrogens with one attached hydrogen (secondary N) is 1. The van der Waals surface area contributed by atoms with E-state index in [0.29, 0.717) is 26.0 Å². The summed E-state index contributed by atoms with van der Waals surface area (Å²) in [4.78, 5) is 4.10. The number of aromatic nitrogens is 1. The Balaban J connectivity index is 2.47. The molecule has 1 aromatic carbocycles. The van der Waals surface area contributed by atoms with Gasteiger partial charge in [0.1, 0.15) is 4.60 Å². The highest BCUT2D eigenvalue weighted by molar-refractivity contribution is 9.10. The second-order valence-corrected chi connectivity index (χ2v) is 7.34. The summed E-state index contributed by atoms with van der Waals surface area (Å²) in [6.45, 7) is 1.71. The molecule has 8 heteroatoms. The number of nitrogens with zero attached hydrogens (tertiary/aromatic N) is 1. The lowest BCUT2D eigenvalue weighted by molar-refractivity contribution is 0.600. The third kappa shape index (κ3) is 3.13. The molecular weight excluding hydrogens is 410 g/mol. The molecule has 1 aromatic heterocycles. The molecule has 0 saturated carbocycles. The van der Waals surface area contributed by atoms with Crippen molar-refractivity contribution in [3.05, 3.63) is 45.1 Å². The van der Waals surface area contributed by atoms with E-state index < -0.39 is 10.0 Å². The van der Waals surface area contributed by atoms with Crippen LogP contribution >= 0.6 is 31.9 Å².